The molecule has 2 N–H and O–H groups in total. The zero-order valence-electron chi connectivity index (χ0n) is 15.7. The number of hydrogen-bond acceptors (Lipinski definition) is 3. The predicted molar refractivity (Wildman–Crippen MR) is 113 cm³/mol. The number of rotatable bonds is 8. The number of benzene rings is 1. The summed E-state index contributed by atoms with van der Waals surface area (Å²) in [6, 6.07) is 8.36. The van der Waals surface area contributed by atoms with Crippen molar-refractivity contribution in [2.45, 2.75) is 26.2 Å². The summed E-state index contributed by atoms with van der Waals surface area (Å²) in [5.74, 6) is 1.19. The van der Waals surface area contributed by atoms with Crippen molar-refractivity contribution in [3.8, 4) is 5.75 Å². The Bertz CT molecular complexity index is 705. The normalized spacial score (nSPS) is 12.8. The van der Waals surface area contributed by atoms with E-state index in [9.17, 15) is 13.2 Å². The molecule has 0 aliphatic heterocycles. The molecule has 0 spiro atoms. The van der Waals surface area contributed by atoms with Gasteiger partial charge in [0, 0.05) is 39.1 Å². The first kappa shape index (κ1) is 24.1. The summed E-state index contributed by atoms with van der Waals surface area (Å²) in [5, 5.41) is 10.6. The molecule has 2 rings (SSSR count). The van der Waals surface area contributed by atoms with Crippen LogP contribution in [-0.4, -0.2) is 42.1 Å². The minimum Gasteiger partial charge on any atom is -0.484 e. The Labute approximate surface area is 179 Å². The highest BCUT2D eigenvalue weighted by atomic mass is 127. The molecule has 0 saturated heterocycles. The maximum absolute atomic E-state index is 12.1. The molecule has 0 aliphatic rings. The first-order chi connectivity index (χ1) is 12.9. The van der Waals surface area contributed by atoms with Gasteiger partial charge in [-0.25, -0.2) is 0 Å². The highest BCUT2D eigenvalue weighted by Crippen LogP contribution is 2.18. The van der Waals surface area contributed by atoms with E-state index in [2.05, 4.69) is 27.6 Å². The molecule has 10 heteroatoms. The summed E-state index contributed by atoms with van der Waals surface area (Å²) in [6.45, 7) is 2.84. The monoisotopic (exact) mass is 511 g/mol. The number of ether oxygens (including phenoxy) is 1. The molecule has 0 fully saturated rings. The van der Waals surface area contributed by atoms with Crippen molar-refractivity contribution in [3.05, 3.63) is 48.3 Å². The van der Waals surface area contributed by atoms with Crippen molar-refractivity contribution >= 4 is 29.9 Å². The molecule has 0 amide bonds. The van der Waals surface area contributed by atoms with Crippen molar-refractivity contribution in [3.63, 3.8) is 0 Å². The number of aliphatic imine (C=N–C) groups is 1. The Balaban J connectivity index is 0.00000392. The number of guanidine groups is 1. The minimum absolute atomic E-state index is 0. The second-order valence-corrected chi connectivity index (χ2v) is 6.19. The lowest BCUT2D eigenvalue weighted by Crippen LogP contribution is -2.39. The summed E-state index contributed by atoms with van der Waals surface area (Å²) in [5.41, 5.74) is 0.905. The van der Waals surface area contributed by atoms with Gasteiger partial charge in [0.1, 0.15) is 5.75 Å². The molecule has 28 heavy (non-hydrogen) atoms. The van der Waals surface area contributed by atoms with E-state index in [1.54, 1.807) is 25.4 Å². The molecule has 1 unspecified atom stereocenters. The number of aromatic nitrogens is 2. The molecule has 0 aliphatic carbocycles. The van der Waals surface area contributed by atoms with Gasteiger partial charge >= 0.3 is 6.18 Å². The average molecular weight is 511 g/mol. The third-order valence-electron chi connectivity index (χ3n) is 3.69. The fourth-order valence-corrected chi connectivity index (χ4v) is 2.34. The van der Waals surface area contributed by atoms with E-state index in [0.717, 1.165) is 18.7 Å². The van der Waals surface area contributed by atoms with Gasteiger partial charge in [0.05, 0.1) is 0 Å². The fourth-order valence-electron chi connectivity index (χ4n) is 2.34. The molecular weight excluding hydrogens is 486 g/mol. The van der Waals surface area contributed by atoms with Crippen molar-refractivity contribution in [2.24, 2.45) is 10.9 Å². The molecule has 6 nitrogen and oxygen atoms in total. The number of alkyl halides is 3. The lowest BCUT2D eigenvalue weighted by molar-refractivity contribution is -0.153. The number of halogens is 4. The summed E-state index contributed by atoms with van der Waals surface area (Å²) >= 11 is 0. The SMILES string of the molecule is CN=C(NCc1ccc(OCC(F)(F)F)cc1)NCC(C)Cn1cccn1.I. The van der Waals surface area contributed by atoms with Crippen LogP contribution < -0.4 is 15.4 Å². The highest BCUT2D eigenvalue weighted by molar-refractivity contribution is 14.0. The van der Waals surface area contributed by atoms with Crippen LogP contribution in [0.5, 0.6) is 5.75 Å². The van der Waals surface area contributed by atoms with E-state index in [1.807, 2.05) is 16.9 Å². The van der Waals surface area contributed by atoms with Crippen LogP contribution in [0.1, 0.15) is 12.5 Å². The minimum atomic E-state index is -4.34. The quantitative estimate of drug-likeness (QED) is 0.324. The lowest BCUT2D eigenvalue weighted by Gasteiger charge is -2.16. The molecular formula is C18H25F3IN5O. The third-order valence-corrected chi connectivity index (χ3v) is 3.69. The molecule has 1 atom stereocenters. The summed E-state index contributed by atoms with van der Waals surface area (Å²) in [4.78, 5) is 4.17. The summed E-state index contributed by atoms with van der Waals surface area (Å²) < 4.78 is 43.0. The smallest absolute Gasteiger partial charge is 0.422 e. The van der Waals surface area contributed by atoms with Crippen LogP contribution >= 0.6 is 24.0 Å². The third kappa shape index (κ3) is 9.29. The highest BCUT2D eigenvalue weighted by Gasteiger charge is 2.28. The second-order valence-electron chi connectivity index (χ2n) is 6.19. The number of hydrogen-bond donors (Lipinski definition) is 2. The first-order valence-electron chi connectivity index (χ1n) is 8.56. The van der Waals surface area contributed by atoms with Crippen LogP contribution in [0.4, 0.5) is 13.2 Å². The van der Waals surface area contributed by atoms with Crippen LogP contribution in [0.2, 0.25) is 0 Å². The number of nitrogens with zero attached hydrogens (tertiary/aromatic N) is 3. The van der Waals surface area contributed by atoms with Crippen LogP contribution in [0.3, 0.4) is 0 Å². The molecule has 1 heterocycles. The summed E-state index contributed by atoms with van der Waals surface area (Å²) in [7, 11) is 1.68. The first-order valence-corrected chi connectivity index (χ1v) is 8.56. The van der Waals surface area contributed by atoms with Crippen molar-refractivity contribution < 1.29 is 17.9 Å². The van der Waals surface area contributed by atoms with E-state index in [-0.39, 0.29) is 29.7 Å². The zero-order chi connectivity index (χ0) is 19.7. The fraction of sp³-hybridized carbons (Fsp3) is 0.444. The van der Waals surface area contributed by atoms with Crippen molar-refractivity contribution in [1.29, 1.82) is 0 Å². The van der Waals surface area contributed by atoms with Crippen LogP contribution in [0.25, 0.3) is 0 Å². The van der Waals surface area contributed by atoms with Gasteiger partial charge in [-0.1, -0.05) is 19.1 Å². The molecule has 1 aromatic heterocycles. The molecule has 2 aromatic rings. The zero-order valence-corrected chi connectivity index (χ0v) is 18.1. The van der Waals surface area contributed by atoms with E-state index in [0.29, 0.717) is 18.4 Å². The largest absolute Gasteiger partial charge is 0.484 e. The van der Waals surface area contributed by atoms with E-state index < -0.39 is 12.8 Å². The summed E-state index contributed by atoms with van der Waals surface area (Å²) in [6.07, 6.45) is -0.668. The number of nitrogens with one attached hydrogen (secondary N) is 2. The molecule has 0 radical (unpaired) electrons. The Morgan fingerprint density at radius 1 is 1.25 bits per heavy atom. The second kappa shape index (κ2) is 11.8. The van der Waals surface area contributed by atoms with Gasteiger partial charge in [-0.15, -0.1) is 24.0 Å². The van der Waals surface area contributed by atoms with Gasteiger partial charge < -0.3 is 15.4 Å². The predicted octanol–water partition coefficient (Wildman–Crippen LogP) is 3.44. The Morgan fingerprint density at radius 3 is 2.54 bits per heavy atom. The van der Waals surface area contributed by atoms with Crippen LogP contribution in [0, 0.1) is 5.92 Å². The van der Waals surface area contributed by atoms with E-state index >= 15 is 0 Å². The van der Waals surface area contributed by atoms with Gasteiger partial charge in [0.25, 0.3) is 0 Å². The molecule has 0 saturated carbocycles. The van der Waals surface area contributed by atoms with E-state index in [1.165, 1.54) is 12.1 Å². The Morgan fingerprint density at radius 2 is 1.96 bits per heavy atom. The maximum atomic E-state index is 12.1. The van der Waals surface area contributed by atoms with Gasteiger partial charge in [-0.3, -0.25) is 9.67 Å². The van der Waals surface area contributed by atoms with Gasteiger partial charge in [-0.2, -0.15) is 18.3 Å². The molecule has 156 valence electrons. The maximum Gasteiger partial charge on any atom is 0.422 e. The molecule has 0 bridgehead atoms. The lowest BCUT2D eigenvalue weighted by atomic mass is 10.2. The van der Waals surface area contributed by atoms with Crippen molar-refractivity contribution in [2.75, 3.05) is 20.2 Å². The van der Waals surface area contributed by atoms with Gasteiger partial charge in [0.15, 0.2) is 12.6 Å². The van der Waals surface area contributed by atoms with Crippen LogP contribution in [0.15, 0.2) is 47.7 Å². The van der Waals surface area contributed by atoms with Gasteiger partial charge in [0.2, 0.25) is 0 Å². The molecule has 1 aromatic carbocycles. The Hall–Kier alpha value is -1.98. The van der Waals surface area contributed by atoms with Gasteiger partial charge in [-0.05, 0) is 29.7 Å². The van der Waals surface area contributed by atoms with E-state index in [4.69, 9.17) is 4.74 Å². The average Bonchev–Trinajstić information content (AvgIpc) is 3.13. The topological polar surface area (TPSA) is 63.5 Å². The van der Waals surface area contributed by atoms with Crippen LogP contribution in [-0.2, 0) is 13.1 Å². The Kier molecular flexibility index (Phi) is 10.1. The van der Waals surface area contributed by atoms with Crippen molar-refractivity contribution in [1.82, 2.24) is 20.4 Å². The standard InChI is InChI=1S/C18H24F3N5O.HI/c1-14(12-26-9-3-8-25-26)10-23-17(22-2)24-11-15-4-6-16(7-5-15)27-13-18(19,20)21;/h3-9,14H,10-13H2,1-2H3,(H2,22,23,24);1H.